The van der Waals surface area contributed by atoms with Gasteiger partial charge >= 0.3 is 5.97 Å². The highest BCUT2D eigenvalue weighted by molar-refractivity contribution is 6.35. The number of rotatable bonds is 4. The Labute approximate surface area is 133 Å². The van der Waals surface area contributed by atoms with Crippen LogP contribution in [0, 0.1) is 5.92 Å². The number of aliphatic carboxylic acids is 1. The van der Waals surface area contributed by atoms with E-state index in [0.29, 0.717) is 23.1 Å². The van der Waals surface area contributed by atoms with Crippen LogP contribution in [0.25, 0.3) is 6.08 Å². The Kier molecular flexibility index (Phi) is 5.26. The lowest BCUT2D eigenvalue weighted by Gasteiger charge is -2.13. The van der Waals surface area contributed by atoms with Gasteiger partial charge in [0.1, 0.15) is 0 Å². The van der Waals surface area contributed by atoms with Crippen LogP contribution in [0.3, 0.4) is 0 Å². The Morgan fingerprint density at radius 1 is 1.38 bits per heavy atom. The summed E-state index contributed by atoms with van der Waals surface area (Å²) in [6, 6.07) is 5.06. The molecule has 21 heavy (non-hydrogen) atoms. The van der Waals surface area contributed by atoms with Gasteiger partial charge in [-0.2, -0.15) is 0 Å². The minimum atomic E-state index is -0.821. The van der Waals surface area contributed by atoms with Crippen molar-refractivity contribution < 1.29 is 14.7 Å². The maximum absolute atomic E-state index is 12.1. The van der Waals surface area contributed by atoms with E-state index in [9.17, 15) is 9.59 Å². The first-order valence-electron chi connectivity index (χ1n) is 6.59. The summed E-state index contributed by atoms with van der Waals surface area (Å²) >= 11 is 11.8. The summed E-state index contributed by atoms with van der Waals surface area (Å²) in [5.74, 6) is -0.911. The van der Waals surface area contributed by atoms with Gasteiger partial charge in [0.05, 0.1) is 0 Å². The molecule has 1 unspecified atom stereocenters. The Hall–Kier alpha value is -1.52. The van der Waals surface area contributed by atoms with Gasteiger partial charge in [-0.1, -0.05) is 29.3 Å². The molecule has 1 aliphatic rings. The zero-order valence-corrected chi connectivity index (χ0v) is 12.8. The number of benzene rings is 1. The van der Waals surface area contributed by atoms with Crippen LogP contribution in [-0.4, -0.2) is 35.0 Å². The minimum Gasteiger partial charge on any atom is -0.481 e. The molecule has 1 aromatic rings. The van der Waals surface area contributed by atoms with Gasteiger partial charge in [-0.3, -0.25) is 9.59 Å². The highest BCUT2D eigenvalue weighted by Crippen LogP contribution is 2.23. The third-order valence-electron chi connectivity index (χ3n) is 3.43. The molecule has 1 N–H and O–H groups in total. The number of carboxylic acids is 1. The monoisotopic (exact) mass is 327 g/mol. The van der Waals surface area contributed by atoms with E-state index in [4.69, 9.17) is 28.3 Å². The standard InChI is InChI=1S/C15H15Cl2NO3/c16-12-3-1-11(13(17)8-12)2-4-14(19)18-6-5-10(9-18)7-15(20)21/h1-4,8,10H,5-7,9H2,(H,20,21). The third-order valence-corrected chi connectivity index (χ3v) is 3.99. The van der Waals surface area contributed by atoms with Crippen LogP contribution in [0.15, 0.2) is 24.3 Å². The van der Waals surface area contributed by atoms with Crippen molar-refractivity contribution in [2.75, 3.05) is 13.1 Å². The molecule has 1 aromatic carbocycles. The van der Waals surface area contributed by atoms with E-state index in [0.717, 1.165) is 12.0 Å². The number of hydrogen-bond acceptors (Lipinski definition) is 2. The molecule has 0 saturated carbocycles. The average Bonchev–Trinajstić information content (AvgIpc) is 2.85. The van der Waals surface area contributed by atoms with Gasteiger partial charge in [-0.25, -0.2) is 0 Å². The lowest BCUT2D eigenvalue weighted by molar-refractivity contribution is -0.138. The molecular formula is C15H15Cl2NO3. The maximum atomic E-state index is 12.1. The molecule has 0 spiro atoms. The Morgan fingerprint density at radius 3 is 2.81 bits per heavy atom. The molecular weight excluding hydrogens is 313 g/mol. The third kappa shape index (κ3) is 4.48. The van der Waals surface area contributed by atoms with Crippen LogP contribution in [-0.2, 0) is 9.59 Å². The lowest BCUT2D eigenvalue weighted by atomic mass is 10.1. The van der Waals surface area contributed by atoms with Crippen molar-refractivity contribution in [2.24, 2.45) is 5.92 Å². The number of halogens is 2. The van der Waals surface area contributed by atoms with Crippen molar-refractivity contribution in [3.8, 4) is 0 Å². The Morgan fingerprint density at radius 2 is 2.14 bits per heavy atom. The van der Waals surface area contributed by atoms with Crippen molar-refractivity contribution in [1.29, 1.82) is 0 Å². The molecule has 1 fully saturated rings. The molecule has 1 atom stereocenters. The second-order valence-electron chi connectivity index (χ2n) is 5.04. The van der Waals surface area contributed by atoms with Gasteiger partial charge < -0.3 is 10.0 Å². The second-order valence-corrected chi connectivity index (χ2v) is 5.88. The Balaban J connectivity index is 1.95. The molecule has 1 aliphatic heterocycles. The topological polar surface area (TPSA) is 57.6 Å². The first-order valence-corrected chi connectivity index (χ1v) is 7.35. The number of carbonyl (C=O) groups excluding carboxylic acids is 1. The van der Waals surface area contributed by atoms with E-state index in [1.54, 1.807) is 29.2 Å². The molecule has 0 radical (unpaired) electrons. The average molecular weight is 328 g/mol. The first-order chi connectivity index (χ1) is 9.95. The summed E-state index contributed by atoms with van der Waals surface area (Å²) in [5.41, 5.74) is 0.718. The number of carbonyl (C=O) groups is 2. The number of carboxylic acid groups (broad SMARTS) is 1. The smallest absolute Gasteiger partial charge is 0.303 e. The van der Waals surface area contributed by atoms with Crippen LogP contribution in [0.1, 0.15) is 18.4 Å². The van der Waals surface area contributed by atoms with Gasteiger partial charge in [0.2, 0.25) is 5.91 Å². The van der Waals surface area contributed by atoms with Crippen molar-refractivity contribution in [1.82, 2.24) is 4.90 Å². The van der Waals surface area contributed by atoms with E-state index in [2.05, 4.69) is 0 Å². The molecule has 1 heterocycles. The van der Waals surface area contributed by atoms with Crippen LogP contribution < -0.4 is 0 Å². The highest BCUT2D eigenvalue weighted by Gasteiger charge is 2.26. The normalized spacial score (nSPS) is 18.4. The zero-order valence-electron chi connectivity index (χ0n) is 11.3. The summed E-state index contributed by atoms with van der Waals surface area (Å²) in [7, 11) is 0. The van der Waals surface area contributed by atoms with E-state index in [-0.39, 0.29) is 18.2 Å². The predicted molar refractivity (Wildman–Crippen MR) is 82.4 cm³/mol. The molecule has 6 heteroatoms. The molecule has 1 amide bonds. The quantitative estimate of drug-likeness (QED) is 0.863. The van der Waals surface area contributed by atoms with Gasteiger partial charge in [0.25, 0.3) is 0 Å². The number of amides is 1. The summed E-state index contributed by atoms with van der Waals surface area (Å²) in [6.45, 7) is 1.08. The molecule has 4 nitrogen and oxygen atoms in total. The summed E-state index contributed by atoms with van der Waals surface area (Å²) in [6.07, 6.45) is 3.94. The number of likely N-dealkylation sites (tertiary alicyclic amines) is 1. The Bertz CT molecular complexity index is 586. The first kappa shape index (κ1) is 15.9. The van der Waals surface area contributed by atoms with Crippen molar-refractivity contribution in [3.05, 3.63) is 39.9 Å². The van der Waals surface area contributed by atoms with Gasteiger partial charge in [-0.05, 0) is 36.1 Å². The summed E-state index contributed by atoms with van der Waals surface area (Å²) < 4.78 is 0. The van der Waals surface area contributed by atoms with Crippen molar-refractivity contribution >= 4 is 41.2 Å². The molecule has 2 rings (SSSR count). The van der Waals surface area contributed by atoms with Crippen molar-refractivity contribution in [3.63, 3.8) is 0 Å². The fourth-order valence-corrected chi connectivity index (χ4v) is 2.82. The predicted octanol–water partition coefficient (Wildman–Crippen LogP) is 3.33. The van der Waals surface area contributed by atoms with Crippen molar-refractivity contribution in [2.45, 2.75) is 12.8 Å². The van der Waals surface area contributed by atoms with Gasteiger partial charge in [-0.15, -0.1) is 0 Å². The van der Waals surface area contributed by atoms with E-state index >= 15 is 0 Å². The van der Waals surface area contributed by atoms with Gasteiger partial charge in [0.15, 0.2) is 0 Å². The van der Waals surface area contributed by atoms with E-state index in [1.807, 2.05) is 0 Å². The fourth-order valence-electron chi connectivity index (χ4n) is 2.35. The number of hydrogen-bond donors (Lipinski definition) is 1. The molecule has 0 bridgehead atoms. The fraction of sp³-hybridized carbons (Fsp3) is 0.333. The van der Waals surface area contributed by atoms with E-state index in [1.165, 1.54) is 6.08 Å². The van der Waals surface area contributed by atoms with Crippen LogP contribution >= 0.6 is 23.2 Å². The highest BCUT2D eigenvalue weighted by atomic mass is 35.5. The summed E-state index contributed by atoms with van der Waals surface area (Å²) in [5, 5.41) is 9.79. The van der Waals surface area contributed by atoms with Gasteiger partial charge in [0, 0.05) is 35.6 Å². The largest absolute Gasteiger partial charge is 0.481 e. The molecule has 1 saturated heterocycles. The van der Waals surface area contributed by atoms with E-state index < -0.39 is 5.97 Å². The zero-order chi connectivity index (χ0) is 15.4. The SMILES string of the molecule is O=C(O)CC1CCN(C(=O)C=Cc2ccc(Cl)cc2Cl)C1. The minimum absolute atomic E-state index is 0.0407. The maximum Gasteiger partial charge on any atom is 0.303 e. The summed E-state index contributed by atoms with van der Waals surface area (Å²) in [4.78, 5) is 24.4. The lowest BCUT2D eigenvalue weighted by Crippen LogP contribution is -2.27. The molecule has 0 aromatic heterocycles. The molecule has 112 valence electrons. The molecule has 0 aliphatic carbocycles. The van der Waals surface area contributed by atoms with Crippen LogP contribution in [0.4, 0.5) is 0 Å². The van der Waals surface area contributed by atoms with Crippen LogP contribution in [0.5, 0.6) is 0 Å². The number of nitrogens with zero attached hydrogens (tertiary/aromatic N) is 1. The van der Waals surface area contributed by atoms with Crippen LogP contribution in [0.2, 0.25) is 10.0 Å². The second kappa shape index (κ2) is 6.96.